The van der Waals surface area contributed by atoms with Crippen molar-refractivity contribution in [2.75, 3.05) is 20.6 Å². The minimum Gasteiger partial charge on any atom is -0.478 e. The van der Waals surface area contributed by atoms with Crippen molar-refractivity contribution in [3.05, 3.63) is 108 Å². The van der Waals surface area contributed by atoms with E-state index in [4.69, 9.17) is 14.9 Å². The molecule has 1 aromatic carbocycles. The van der Waals surface area contributed by atoms with Gasteiger partial charge >= 0.3 is 17.9 Å². The lowest BCUT2D eigenvalue weighted by molar-refractivity contribution is -0.133. The fourth-order valence-electron chi connectivity index (χ4n) is 3.69. The van der Waals surface area contributed by atoms with Gasteiger partial charge in [0, 0.05) is 49.4 Å². The Hall–Kier alpha value is -5.30. The summed E-state index contributed by atoms with van der Waals surface area (Å²) in [6.45, 7) is 2.14. The number of pyridine rings is 2. The van der Waals surface area contributed by atoms with E-state index in [1.165, 1.54) is 49.8 Å². The highest BCUT2D eigenvalue weighted by molar-refractivity contribution is 5.91. The molecule has 2 N–H and O–H groups in total. The number of aromatic carboxylic acids is 1. The summed E-state index contributed by atoms with van der Waals surface area (Å²) in [7, 11) is 4.19. The van der Waals surface area contributed by atoms with Gasteiger partial charge in [0.1, 0.15) is 5.75 Å². The Kier molecular flexibility index (Phi) is 17.1. The molecule has 0 spiro atoms. The number of aliphatic carboxylic acids is 1. The highest BCUT2D eigenvalue weighted by Gasteiger charge is 2.08. The van der Waals surface area contributed by atoms with Gasteiger partial charge in [-0.15, -0.1) is 5.10 Å². The molecular formula is C32H39N7O6. The van der Waals surface area contributed by atoms with Gasteiger partial charge < -0.3 is 19.8 Å². The second kappa shape index (κ2) is 21.4. The van der Waals surface area contributed by atoms with E-state index in [0.717, 1.165) is 43.9 Å². The molecule has 4 aromatic rings. The molecule has 13 heteroatoms. The molecule has 0 saturated heterocycles. The van der Waals surface area contributed by atoms with Crippen LogP contribution in [0, 0.1) is 0 Å². The lowest BCUT2D eigenvalue weighted by atomic mass is 10.2. The molecule has 13 nitrogen and oxygen atoms in total. The highest BCUT2D eigenvalue weighted by Crippen LogP contribution is 2.09. The maximum Gasteiger partial charge on any atom is 0.337 e. The van der Waals surface area contributed by atoms with Crippen molar-refractivity contribution in [3.63, 3.8) is 0 Å². The van der Waals surface area contributed by atoms with Crippen LogP contribution in [0.15, 0.2) is 91.4 Å². The molecule has 1 aliphatic rings. The van der Waals surface area contributed by atoms with Crippen LogP contribution in [0.5, 0.6) is 5.75 Å². The number of rotatable bonds is 8. The predicted molar refractivity (Wildman–Crippen MR) is 167 cm³/mol. The van der Waals surface area contributed by atoms with Crippen LogP contribution in [0.3, 0.4) is 0 Å². The monoisotopic (exact) mass is 617 g/mol. The lowest BCUT2D eigenvalue weighted by Gasteiger charge is -2.07. The zero-order valence-electron chi connectivity index (χ0n) is 25.5. The number of tetrazole rings is 1. The number of fused-ring (bicyclic) bond motifs is 1. The Morgan fingerprint density at radius 3 is 2.33 bits per heavy atom. The summed E-state index contributed by atoms with van der Waals surface area (Å²) in [6.07, 6.45) is 13.3. The van der Waals surface area contributed by atoms with Gasteiger partial charge in [-0.1, -0.05) is 30.7 Å². The van der Waals surface area contributed by atoms with Gasteiger partial charge in [-0.3, -0.25) is 9.97 Å². The number of esters is 1. The largest absolute Gasteiger partial charge is 0.478 e. The van der Waals surface area contributed by atoms with Crippen molar-refractivity contribution >= 4 is 17.9 Å². The van der Waals surface area contributed by atoms with Gasteiger partial charge in [0.15, 0.2) is 5.82 Å². The van der Waals surface area contributed by atoms with Crippen LogP contribution in [0.4, 0.5) is 0 Å². The quantitative estimate of drug-likeness (QED) is 0.166. The Bertz CT molecular complexity index is 1410. The van der Waals surface area contributed by atoms with Gasteiger partial charge in [-0.05, 0) is 93.1 Å². The van der Waals surface area contributed by atoms with Gasteiger partial charge in [0.05, 0.1) is 5.56 Å². The third kappa shape index (κ3) is 16.8. The van der Waals surface area contributed by atoms with Crippen LogP contribution in [0.25, 0.3) is 0 Å². The van der Waals surface area contributed by atoms with Crippen molar-refractivity contribution in [2.45, 2.75) is 45.1 Å². The van der Waals surface area contributed by atoms with Crippen molar-refractivity contribution in [1.82, 2.24) is 35.1 Å². The third-order valence-electron chi connectivity index (χ3n) is 5.87. The number of aromatic nitrogens is 6. The van der Waals surface area contributed by atoms with Crippen LogP contribution < -0.4 is 4.74 Å². The smallest absolute Gasteiger partial charge is 0.337 e. The third-order valence-corrected chi connectivity index (χ3v) is 5.87. The summed E-state index contributed by atoms with van der Waals surface area (Å²) < 4.78 is 6.69. The topological polar surface area (TPSA) is 174 Å². The SMILES string of the molecule is C1CCc2nnnn2CC1.CN(C)CCCc1ccccn1.O=C(O)/C=C/C(=O)Oc1ccccc1.O=C(O)c1cccnc1. The number of carbonyl (C=O) groups excluding carboxylic acids is 1. The van der Waals surface area contributed by atoms with Crippen LogP contribution in [0.2, 0.25) is 0 Å². The summed E-state index contributed by atoms with van der Waals surface area (Å²) in [5.74, 6) is -1.40. The normalized spacial score (nSPS) is 11.7. The molecule has 0 atom stereocenters. The summed E-state index contributed by atoms with van der Waals surface area (Å²) in [6, 6.07) is 17.6. The van der Waals surface area contributed by atoms with E-state index < -0.39 is 17.9 Å². The molecular weight excluding hydrogens is 578 g/mol. The summed E-state index contributed by atoms with van der Waals surface area (Å²) in [5, 5.41) is 28.0. The number of para-hydroxylation sites is 1. The van der Waals surface area contributed by atoms with E-state index in [9.17, 15) is 14.4 Å². The number of nitrogens with zero attached hydrogens (tertiary/aromatic N) is 7. The fraction of sp³-hybridized carbons (Fsp3) is 0.312. The van der Waals surface area contributed by atoms with E-state index >= 15 is 0 Å². The number of hydrogen-bond acceptors (Lipinski definition) is 10. The Morgan fingerprint density at radius 1 is 0.933 bits per heavy atom. The zero-order chi connectivity index (χ0) is 32.7. The molecule has 0 saturated carbocycles. The first-order valence-corrected chi connectivity index (χ1v) is 14.4. The van der Waals surface area contributed by atoms with Crippen molar-refractivity contribution in [2.24, 2.45) is 0 Å². The number of carboxylic acid groups (broad SMARTS) is 2. The molecule has 0 aliphatic carbocycles. The highest BCUT2D eigenvalue weighted by atomic mass is 16.5. The van der Waals surface area contributed by atoms with Crippen molar-refractivity contribution in [3.8, 4) is 5.75 Å². The molecule has 45 heavy (non-hydrogen) atoms. The molecule has 0 bridgehead atoms. The van der Waals surface area contributed by atoms with Crippen LogP contribution in [-0.2, 0) is 29.0 Å². The van der Waals surface area contributed by atoms with E-state index in [1.807, 2.05) is 23.0 Å². The van der Waals surface area contributed by atoms with E-state index in [2.05, 4.69) is 50.6 Å². The number of hydrogen-bond donors (Lipinski definition) is 2. The average molecular weight is 618 g/mol. The minimum absolute atomic E-state index is 0.220. The summed E-state index contributed by atoms with van der Waals surface area (Å²) >= 11 is 0. The lowest BCUT2D eigenvalue weighted by Crippen LogP contribution is -2.13. The molecule has 1 aliphatic heterocycles. The number of aryl methyl sites for hydroxylation is 3. The first-order chi connectivity index (χ1) is 21.7. The molecule has 5 rings (SSSR count). The fourth-order valence-corrected chi connectivity index (χ4v) is 3.69. The Balaban J connectivity index is 0.000000212. The van der Waals surface area contributed by atoms with Crippen LogP contribution in [0.1, 0.15) is 47.6 Å². The molecule has 3 aromatic heterocycles. The first-order valence-electron chi connectivity index (χ1n) is 14.4. The number of carboxylic acids is 2. The van der Waals surface area contributed by atoms with E-state index in [-0.39, 0.29) is 5.56 Å². The zero-order valence-corrected chi connectivity index (χ0v) is 25.5. The van der Waals surface area contributed by atoms with Gasteiger partial charge in [0.2, 0.25) is 0 Å². The number of carbonyl (C=O) groups is 3. The molecule has 0 unspecified atom stereocenters. The minimum atomic E-state index is -1.19. The van der Waals surface area contributed by atoms with Gasteiger partial charge in [-0.2, -0.15) is 0 Å². The summed E-state index contributed by atoms with van der Waals surface area (Å²) in [5.41, 5.74) is 1.41. The Morgan fingerprint density at radius 2 is 1.71 bits per heavy atom. The standard InChI is InChI=1S/C10H16N2.C10H8O4.C6H10N4.C6H5NO2/c1-12(2)9-5-7-10-6-3-4-8-11-10;11-9(12)6-7-10(13)14-8-4-2-1-3-5-8;1-2-4-6-7-8-9-10(6)5-3-1;8-6(9)5-2-1-3-7-4-5/h3-4,6,8H,5,7,9H2,1-2H3;1-7H,(H,11,12);1-5H2;1-4H,(H,8,9)/b;7-6+;;. The number of ether oxygens (including phenoxy) is 1. The molecule has 4 heterocycles. The van der Waals surface area contributed by atoms with Crippen molar-refractivity contribution in [1.29, 1.82) is 0 Å². The molecule has 0 amide bonds. The number of benzene rings is 1. The van der Waals surface area contributed by atoms with Crippen LogP contribution in [-0.4, -0.2) is 83.8 Å². The maximum absolute atomic E-state index is 10.9. The van der Waals surface area contributed by atoms with Crippen molar-refractivity contribution < 1.29 is 29.3 Å². The molecule has 0 radical (unpaired) electrons. The molecule has 0 fully saturated rings. The van der Waals surface area contributed by atoms with E-state index in [1.54, 1.807) is 36.4 Å². The first kappa shape index (κ1) is 35.9. The second-order valence-corrected chi connectivity index (χ2v) is 9.81. The Labute approximate surface area is 262 Å². The molecule has 238 valence electrons. The van der Waals surface area contributed by atoms with Gasteiger partial charge in [-0.25, -0.2) is 19.1 Å². The average Bonchev–Trinajstić information content (AvgIpc) is 3.37. The van der Waals surface area contributed by atoms with Gasteiger partial charge in [0.25, 0.3) is 0 Å². The van der Waals surface area contributed by atoms with E-state index in [0.29, 0.717) is 5.75 Å². The summed E-state index contributed by atoms with van der Waals surface area (Å²) in [4.78, 5) is 41.2. The predicted octanol–water partition coefficient (Wildman–Crippen LogP) is 3.99. The maximum atomic E-state index is 10.9. The second-order valence-electron chi connectivity index (χ2n) is 9.81. The van der Waals surface area contributed by atoms with Crippen LogP contribution >= 0.6 is 0 Å².